The van der Waals surface area contributed by atoms with Gasteiger partial charge in [-0.05, 0) is 44.2 Å². The number of hydrogen-bond acceptors (Lipinski definition) is 2. The Balaban J connectivity index is 2.63. The Labute approximate surface area is 114 Å². The molecule has 104 valence electrons. The number of nitrogens with zero attached hydrogens (tertiary/aromatic N) is 1. The second kappa shape index (κ2) is 6.92. The molecule has 1 rings (SSSR count). The van der Waals surface area contributed by atoms with E-state index in [1.807, 2.05) is 31.9 Å². The molecule has 0 aromatic heterocycles. The van der Waals surface area contributed by atoms with Gasteiger partial charge in [0.25, 0.3) is 0 Å². The zero-order chi connectivity index (χ0) is 14.4. The number of nitrogens with one attached hydrogen (secondary N) is 1. The second-order valence-electron chi connectivity index (χ2n) is 4.73. The third-order valence-corrected chi connectivity index (χ3v) is 3.20. The molecule has 1 unspecified atom stereocenters. The first-order chi connectivity index (χ1) is 8.95. The van der Waals surface area contributed by atoms with Crippen molar-refractivity contribution < 1.29 is 9.18 Å². The molecular formula is C15H21FN2O. The maximum Gasteiger partial charge on any atom is 0.223 e. The highest BCUT2D eigenvalue weighted by Crippen LogP contribution is 2.22. The molecule has 19 heavy (non-hydrogen) atoms. The van der Waals surface area contributed by atoms with Gasteiger partial charge in [-0.1, -0.05) is 12.6 Å². The van der Waals surface area contributed by atoms with Gasteiger partial charge in [0.05, 0.1) is 5.69 Å². The highest BCUT2D eigenvalue weighted by molar-refractivity contribution is 5.76. The van der Waals surface area contributed by atoms with Crippen LogP contribution in [0.2, 0.25) is 0 Å². The normalized spacial score (nSPS) is 11.8. The number of carbonyl (C=O) groups excluding carboxylic acids is 1. The van der Waals surface area contributed by atoms with E-state index in [4.69, 9.17) is 0 Å². The Morgan fingerprint density at radius 2 is 2.26 bits per heavy atom. The van der Waals surface area contributed by atoms with E-state index in [9.17, 15) is 9.18 Å². The summed E-state index contributed by atoms with van der Waals surface area (Å²) < 4.78 is 13.8. The zero-order valence-electron chi connectivity index (χ0n) is 11.7. The second-order valence-corrected chi connectivity index (χ2v) is 4.73. The van der Waals surface area contributed by atoms with E-state index in [1.165, 1.54) is 12.3 Å². The fourth-order valence-corrected chi connectivity index (χ4v) is 1.86. The van der Waals surface area contributed by atoms with Crippen molar-refractivity contribution in [3.05, 3.63) is 42.4 Å². The molecule has 0 spiro atoms. The van der Waals surface area contributed by atoms with Gasteiger partial charge in [-0.2, -0.15) is 0 Å². The lowest BCUT2D eigenvalue weighted by Crippen LogP contribution is -2.31. The van der Waals surface area contributed by atoms with Gasteiger partial charge in [0, 0.05) is 19.5 Å². The molecule has 0 heterocycles. The summed E-state index contributed by atoms with van der Waals surface area (Å²) in [6.45, 7) is 7.27. The number of anilines is 1. The first-order valence-electron chi connectivity index (χ1n) is 6.35. The monoisotopic (exact) mass is 264 g/mol. The third-order valence-electron chi connectivity index (χ3n) is 3.20. The van der Waals surface area contributed by atoms with Crippen molar-refractivity contribution in [2.24, 2.45) is 0 Å². The van der Waals surface area contributed by atoms with E-state index in [-0.39, 0.29) is 17.8 Å². The minimum Gasteiger partial charge on any atom is -0.370 e. The highest BCUT2D eigenvalue weighted by atomic mass is 19.1. The summed E-state index contributed by atoms with van der Waals surface area (Å²) in [6.07, 6.45) is 2.42. The number of aryl methyl sites for hydroxylation is 1. The molecule has 0 radical (unpaired) electrons. The van der Waals surface area contributed by atoms with E-state index in [1.54, 1.807) is 6.07 Å². The molecule has 1 aromatic rings. The maximum atomic E-state index is 13.8. The van der Waals surface area contributed by atoms with E-state index < -0.39 is 0 Å². The summed E-state index contributed by atoms with van der Waals surface area (Å²) in [5.74, 6) is -0.301. The molecule has 0 aliphatic carbocycles. The SMILES string of the molecule is C=CNC(=O)CCC(C)N(C)c1ccc(C)cc1F. The van der Waals surface area contributed by atoms with Crippen LogP contribution in [0.3, 0.4) is 0 Å². The molecule has 0 aliphatic heterocycles. The van der Waals surface area contributed by atoms with E-state index >= 15 is 0 Å². The van der Waals surface area contributed by atoms with Gasteiger partial charge in [-0.25, -0.2) is 4.39 Å². The van der Waals surface area contributed by atoms with E-state index in [0.29, 0.717) is 18.5 Å². The van der Waals surface area contributed by atoms with E-state index in [0.717, 1.165) is 5.56 Å². The van der Waals surface area contributed by atoms with Gasteiger partial charge >= 0.3 is 0 Å². The number of hydrogen-bond donors (Lipinski definition) is 1. The lowest BCUT2D eigenvalue weighted by atomic mass is 10.1. The first-order valence-corrected chi connectivity index (χ1v) is 6.35. The molecule has 1 N–H and O–H groups in total. The van der Waals surface area contributed by atoms with Crippen molar-refractivity contribution in [2.45, 2.75) is 32.7 Å². The molecule has 1 atom stereocenters. The summed E-state index contributed by atoms with van der Waals surface area (Å²) in [6, 6.07) is 5.24. The van der Waals surface area contributed by atoms with Crippen LogP contribution in [0, 0.1) is 12.7 Å². The summed E-state index contributed by atoms with van der Waals surface area (Å²) in [7, 11) is 1.84. The predicted octanol–water partition coefficient (Wildman–Crippen LogP) is 3.00. The lowest BCUT2D eigenvalue weighted by Gasteiger charge is -2.27. The van der Waals surface area contributed by atoms with Crippen molar-refractivity contribution in [2.75, 3.05) is 11.9 Å². The van der Waals surface area contributed by atoms with Crippen molar-refractivity contribution in [1.82, 2.24) is 5.32 Å². The molecule has 1 amide bonds. The summed E-state index contributed by atoms with van der Waals surface area (Å²) >= 11 is 0. The van der Waals surface area contributed by atoms with Crippen LogP contribution < -0.4 is 10.2 Å². The summed E-state index contributed by atoms with van der Waals surface area (Å²) in [5, 5.41) is 2.53. The van der Waals surface area contributed by atoms with Crippen LogP contribution >= 0.6 is 0 Å². The van der Waals surface area contributed by atoms with Crippen LogP contribution in [0.15, 0.2) is 31.0 Å². The average Bonchev–Trinajstić information content (AvgIpc) is 2.35. The number of carbonyl (C=O) groups is 1. The molecule has 0 fully saturated rings. The van der Waals surface area contributed by atoms with Crippen LogP contribution in [0.5, 0.6) is 0 Å². The van der Waals surface area contributed by atoms with Crippen molar-refractivity contribution in [3.63, 3.8) is 0 Å². The predicted molar refractivity (Wildman–Crippen MR) is 76.6 cm³/mol. The van der Waals surface area contributed by atoms with Gasteiger partial charge in [0.15, 0.2) is 0 Å². The summed E-state index contributed by atoms with van der Waals surface area (Å²) in [5.41, 5.74) is 1.45. The first kappa shape index (κ1) is 15.2. The van der Waals surface area contributed by atoms with Gasteiger partial charge in [-0.3, -0.25) is 4.79 Å². The van der Waals surface area contributed by atoms with E-state index in [2.05, 4.69) is 11.9 Å². The van der Waals surface area contributed by atoms with Gasteiger partial charge in [0.2, 0.25) is 5.91 Å². The Morgan fingerprint density at radius 3 is 2.84 bits per heavy atom. The summed E-state index contributed by atoms with van der Waals surface area (Å²) in [4.78, 5) is 13.2. The molecule has 0 aliphatic rings. The van der Waals surface area contributed by atoms with Crippen molar-refractivity contribution in [1.29, 1.82) is 0 Å². The van der Waals surface area contributed by atoms with Crippen LogP contribution in [0.1, 0.15) is 25.3 Å². The standard InChI is InChI=1S/C15H21FN2O/c1-5-17-15(19)9-7-12(3)18(4)14-8-6-11(2)10-13(14)16/h5-6,8,10,12H,1,7,9H2,2-4H3,(H,17,19). The van der Waals surface area contributed by atoms with Crippen LogP contribution in [0.4, 0.5) is 10.1 Å². The molecule has 3 nitrogen and oxygen atoms in total. The Hall–Kier alpha value is -1.84. The zero-order valence-corrected chi connectivity index (χ0v) is 11.7. The molecule has 1 aromatic carbocycles. The maximum absolute atomic E-state index is 13.8. The van der Waals surface area contributed by atoms with Gasteiger partial charge in [-0.15, -0.1) is 0 Å². The largest absolute Gasteiger partial charge is 0.370 e. The van der Waals surface area contributed by atoms with Crippen LogP contribution in [-0.4, -0.2) is 19.0 Å². The van der Waals surface area contributed by atoms with Crippen LogP contribution in [-0.2, 0) is 4.79 Å². The molecule has 0 bridgehead atoms. The molecular weight excluding hydrogens is 243 g/mol. The average molecular weight is 264 g/mol. The fourth-order valence-electron chi connectivity index (χ4n) is 1.86. The fraction of sp³-hybridized carbons (Fsp3) is 0.400. The minimum atomic E-state index is -0.232. The van der Waals surface area contributed by atoms with Crippen molar-refractivity contribution >= 4 is 11.6 Å². The topological polar surface area (TPSA) is 32.3 Å². The quantitative estimate of drug-likeness (QED) is 0.856. The molecule has 4 heteroatoms. The minimum absolute atomic E-state index is 0.0698. The Kier molecular flexibility index (Phi) is 5.55. The number of halogens is 1. The van der Waals surface area contributed by atoms with Crippen LogP contribution in [0.25, 0.3) is 0 Å². The van der Waals surface area contributed by atoms with Gasteiger partial charge < -0.3 is 10.2 Å². The number of rotatable bonds is 6. The Bertz CT molecular complexity index is 459. The molecule has 0 saturated carbocycles. The van der Waals surface area contributed by atoms with Crippen molar-refractivity contribution in [3.8, 4) is 0 Å². The number of amides is 1. The third kappa shape index (κ3) is 4.39. The smallest absolute Gasteiger partial charge is 0.223 e. The van der Waals surface area contributed by atoms with Gasteiger partial charge in [0.1, 0.15) is 5.82 Å². The lowest BCUT2D eigenvalue weighted by molar-refractivity contribution is -0.120. The highest BCUT2D eigenvalue weighted by Gasteiger charge is 2.15. The Morgan fingerprint density at radius 1 is 1.58 bits per heavy atom. The molecule has 0 saturated heterocycles. The number of benzene rings is 1.